The van der Waals surface area contributed by atoms with E-state index in [2.05, 4.69) is 9.80 Å². The Morgan fingerprint density at radius 1 is 0.483 bits per heavy atom. The van der Waals surface area contributed by atoms with Gasteiger partial charge in [-0.15, -0.1) is 12.4 Å². The molecule has 0 heterocycles. The second-order valence-electron chi connectivity index (χ2n) is 9.55. The van der Waals surface area contributed by atoms with Crippen LogP contribution >= 0.6 is 12.4 Å². The van der Waals surface area contributed by atoms with Crippen LogP contribution in [0, 0.1) is 11.8 Å². The molecular formula is C24H51ClN4. The van der Waals surface area contributed by atoms with Crippen molar-refractivity contribution in [3.63, 3.8) is 0 Å². The fourth-order valence-electron chi connectivity index (χ4n) is 4.32. The molecule has 0 aliphatic heterocycles. The van der Waals surface area contributed by atoms with Crippen LogP contribution in [0.5, 0.6) is 0 Å². The van der Waals surface area contributed by atoms with Gasteiger partial charge in [0.1, 0.15) is 0 Å². The van der Waals surface area contributed by atoms with Crippen molar-refractivity contribution in [1.82, 2.24) is 9.80 Å². The molecule has 2 saturated carbocycles. The molecule has 4 nitrogen and oxygen atoms in total. The molecule has 0 aromatic carbocycles. The lowest BCUT2D eigenvalue weighted by atomic mass is 10.1. The van der Waals surface area contributed by atoms with Crippen LogP contribution in [0.2, 0.25) is 0 Å². The highest BCUT2D eigenvalue weighted by Gasteiger charge is 2.20. The molecule has 0 radical (unpaired) electrons. The third kappa shape index (κ3) is 15.6. The first kappa shape index (κ1) is 27.2. The highest BCUT2D eigenvalue weighted by Crippen LogP contribution is 2.34. The minimum atomic E-state index is 0. The summed E-state index contributed by atoms with van der Waals surface area (Å²) in [6, 6.07) is 0. The average molecular weight is 431 g/mol. The molecule has 0 saturated heterocycles. The molecule has 0 aromatic heterocycles. The molecule has 0 atom stereocenters. The lowest BCUT2D eigenvalue weighted by molar-refractivity contribution is 0.233. The van der Waals surface area contributed by atoms with Crippen molar-refractivity contribution in [2.45, 2.75) is 89.9 Å². The van der Waals surface area contributed by atoms with Crippen molar-refractivity contribution in [3.05, 3.63) is 0 Å². The van der Waals surface area contributed by atoms with E-state index in [1.165, 1.54) is 116 Å². The summed E-state index contributed by atoms with van der Waals surface area (Å²) in [7, 11) is 0. The summed E-state index contributed by atoms with van der Waals surface area (Å²) in [6.07, 6.45) is 19.5. The number of hydrogen-bond acceptors (Lipinski definition) is 4. The summed E-state index contributed by atoms with van der Waals surface area (Å²) in [5.74, 6) is 2.17. The van der Waals surface area contributed by atoms with Crippen molar-refractivity contribution in [2.75, 3.05) is 52.4 Å². The summed E-state index contributed by atoms with van der Waals surface area (Å²) >= 11 is 0. The maximum absolute atomic E-state index is 5.76. The third-order valence-corrected chi connectivity index (χ3v) is 6.62. The summed E-state index contributed by atoms with van der Waals surface area (Å²) in [5.41, 5.74) is 11.5. The summed E-state index contributed by atoms with van der Waals surface area (Å²) in [4.78, 5) is 5.36. The highest BCUT2D eigenvalue weighted by molar-refractivity contribution is 5.85. The van der Waals surface area contributed by atoms with Gasteiger partial charge in [0.15, 0.2) is 0 Å². The zero-order valence-electron chi connectivity index (χ0n) is 19.2. The lowest BCUT2D eigenvalue weighted by Gasteiger charge is -2.24. The van der Waals surface area contributed by atoms with Gasteiger partial charge in [-0.2, -0.15) is 0 Å². The van der Waals surface area contributed by atoms with E-state index in [9.17, 15) is 0 Å². The lowest BCUT2D eigenvalue weighted by Crippen LogP contribution is -2.31. The van der Waals surface area contributed by atoms with Crippen LogP contribution in [0.4, 0.5) is 0 Å². The van der Waals surface area contributed by atoms with Crippen molar-refractivity contribution in [1.29, 1.82) is 0 Å². The average Bonchev–Trinajstić information content (AvgIpc) is 3.61. The number of nitrogens with two attached hydrogens (primary N) is 2. The quantitative estimate of drug-likeness (QED) is 0.260. The highest BCUT2D eigenvalue weighted by atomic mass is 35.5. The predicted octanol–water partition coefficient (Wildman–Crippen LogP) is 4.65. The van der Waals surface area contributed by atoms with Crippen LogP contribution in [0.3, 0.4) is 0 Å². The molecule has 0 aromatic rings. The van der Waals surface area contributed by atoms with Crippen molar-refractivity contribution >= 4 is 12.4 Å². The maximum Gasteiger partial charge on any atom is -0.000672 e. The SMILES string of the molecule is Cl.NCCCN(CCCCC1CC1)CCCCN(CCCN)CCCCC1CC1. The molecule has 2 aliphatic rings. The Labute approximate surface area is 187 Å². The van der Waals surface area contributed by atoms with E-state index in [4.69, 9.17) is 11.5 Å². The van der Waals surface area contributed by atoms with Crippen LogP contribution < -0.4 is 11.5 Å². The van der Waals surface area contributed by atoms with Crippen molar-refractivity contribution < 1.29 is 0 Å². The topological polar surface area (TPSA) is 58.5 Å². The van der Waals surface area contributed by atoms with Gasteiger partial charge in [-0.1, -0.05) is 51.4 Å². The second-order valence-corrected chi connectivity index (χ2v) is 9.55. The largest absolute Gasteiger partial charge is 0.330 e. The Morgan fingerprint density at radius 2 is 0.793 bits per heavy atom. The van der Waals surface area contributed by atoms with Gasteiger partial charge in [-0.25, -0.2) is 0 Å². The van der Waals surface area contributed by atoms with E-state index in [1.54, 1.807) is 0 Å². The van der Waals surface area contributed by atoms with Gasteiger partial charge in [-0.3, -0.25) is 0 Å². The molecule has 0 bridgehead atoms. The van der Waals surface area contributed by atoms with Crippen molar-refractivity contribution in [2.24, 2.45) is 23.3 Å². The van der Waals surface area contributed by atoms with Crippen LogP contribution in [0.25, 0.3) is 0 Å². The number of nitrogens with zero attached hydrogens (tertiary/aromatic N) is 2. The van der Waals surface area contributed by atoms with E-state index < -0.39 is 0 Å². The Balaban J connectivity index is 0.00000420. The Kier molecular flexibility index (Phi) is 16.6. The zero-order valence-corrected chi connectivity index (χ0v) is 20.0. The molecule has 29 heavy (non-hydrogen) atoms. The van der Waals surface area contributed by atoms with Crippen LogP contribution in [-0.4, -0.2) is 62.2 Å². The van der Waals surface area contributed by atoms with Gasteiger partial charge in [0.25, 0.3) is 0 Å². The molecular weight excluding hydrogens is 380 g/mol. The number of rotatable bonds is 21. The van der Waals surface area contributed by atoms with E-state index in [0.29, 0.717) is 0 Å². The molecule has 0 unspecified atom stereocenters. The zero-order chi connectivity index (χ0) is 19.9. The van der Waals surface area contributed by atoms with E-state index in [-0.39, 0.29) is 12.4 Å². The van der Waals surface area contributed by atoms with Gasteiger partial charge >= 0.3 is 0 Å². The Bertz CT molecular complexity index is 327. The van der Waals surface area contributed by atoms with Crippen LogP contribution in [0.1, 0.15) is 89.9 Å². The predicted molar refractivity (Wildman–Crippen MR) is 130 cm³/mol. The molecule has 2 rings (SSSR count). The normalized spacial score (nSPS) is 16.6. The number of halogens is 1. The number of hydrogen-bond donors (Lipinski definition) is 2. The first-order chi connectivity index (χ1) is 13.8. The van der Waals surface area contributed by atoms with Gasteiger partial charge in [0, 0.05) is 0 Å². The van der Waals surface area contributed by atoms with E-state index in [1.807, 2.05) is 0 Å². The first-order valence-corrected chi connectivity index (χ1v) is 12.7. The van der Waals surface area contributed by atoms with E-state index >= 15 is 0 Å². The second kappa shape index (κ2) is 17.8. The Morgan fingerprint density at radius 3 is 1.10 bits per heavy atom. The molecule has 4 N–H and O–H groups in total. The molecule has 174 valence electrons. The minimum absolute atomic E-state index is 0. The summed E-state index contributed by atoms with van der Waals surface area (Å²) in [5, 5.41) is 0. The van der Waals surface area contributed by atoms with Crippen LogP contribution in [-0.2, 0) is 0 Å². The van der Waals surface area contributed by atoms with Crippen LogP contribution in [0.15, 0.2) is 0 Å². The Hall–Kier alpha value is 0.130. The maximum atomic E-state index is 5.76. The number of unbranched alkanes of at least 4 members (excludes halogenated alkanes) is 3. The third-order valence-electron chi connectivity index (χ3n) is 6.62. The minimum Gasteiger partial charge on any atom is -0.330 e. The molecule has 0 amide bonds. The standard InChI is InChI=1S/C24H50N4.ClH/c25-15-7-21-27(17-3-1-9-23-11-12-23)19-5-6-20-28(22-8-16-26)18-4-2-10-24-13-14-24;/h23-24H,1-22,25-26H2;1H. The van der Waals surface area contributed by atoms with E-state index in [0.717, 1.165) is 37.8 Å². The summed E-state index contributed by atoms with van der Waals surface area (Å²) in [6.45, 7) is 9.12. The smallest absolute Gasteiger partial charge is 0.000672 e. The monoisotopic (exact) mass is 430 g/mol. The van der Waals surface area contributed by atoms with Gasteiger partial charge in [0.05, 0.1) is 0 Å². The summed E-state index contributed by atoms with van der Waals surface area (Å²) < 4.78 is 0. The van der Waals surface area contributed by atoms with Crippen molar-refractivity contribution in [3.8, 4) is 0 Å². The fourth-order valence-corrected chi connectivity index (χ4v) is 4.32. The molecule has 0 spiro atoms. The van der Waals surface area contributed by atoms with Gasteiger partial charge in [-0.05, 0) is 103 Å². The van der Waals surface area contributed by atoms with Gasteiger partial charge in [0.2, 0.25) is 0 Å². The fraction of sp³-hybridized carbons (Fsp3) is 1.00. The molecule has 5 heteroatoms. The molecule has 2 aliphatic carbocycles. The first-order valence-electron chi connectivity index (χ1n) is 12.7. The molecule has 2 fully saturated rings. The van der Waals surface area contributed by atoms with Gasteiger partial charge < -0.3 is 21.3 Å².